The Morgan fingerprint density at radius 2 is 1.91 bits per heavy atom. The Morgan fingerprint density at radius 3 is 2.61 bits per heavy atom. The van der Waals surface area contributed by atoms with Gasteiger partial charge in [0.15, 0.2) is 0 Å². The number of hydrogen-bond acceptors (Lipinski definition) is 6. The molecular formula is C17H18N4OS. The molecule has 0 spiro atoms. The van der Waals surface area contributed by atoms with E-state index in [-0.39, 0.29) is 0 Å². The fraction of sp³-hybridized carbons (Fsp3) is 0.235. The predicted molar refractivity (Wildman–Crippen MR) is 93.6 cm³/mol. The Bertz CT molecular complexity index is 844. The Kier molecular flexibility index (Phi) is 4.25. The lowest BCUT2D eigenvalue weighted by Crippen LogP contribution is -2.00. The Hall–Kier alpha value is -2.47. The molecule has 5 nitrogen and oxygen atoms in total. The van der Waals surface area contributed by atoms with E-state index < -0.39 is 0 Å². The standard InChI is InChI=1S/C17H18N4OS/c1-10-5-6-13(22-4)9-15(10)21-17-18-8-7-14(20-17)16-11(2)19-12(3)23-16/h5-9H,1-4H3,(H,18,20,21). The summed E-state index contributed by atoms with van der Waals surface area (Å²) in [4.78, 5) is 14.5. The van der Waals surface area contributed by atoms with Crippen molar-refractivity contribution in [1.82, 2.24) is 15.0 Å². The number of anilines is 2. The van der Waals surface area contributed by atoms with Gasteiger partial charge in [-0.25, -0.2) is 15.0 Å². The lowest BCUT2D eigenvalue weighted by atomic mass is 10.2. The van der Waals surface area contributed by atoms with Crippen LogP contribution in [0.5, 0.6) is 5.75 Å². The molecular weight excluding hydrogens is 308 g/mol. The number of methoxy groups -OCH3 is 1. The van der Waals surface area contributed by atoms with Crippen LogP contribution in [0.2, 0.25) is 0 Å². The van der Waals surface area contributed by atoms with Crippen LogP contribution in [0.15, 0.2) is 30.5 Å². The summed E-state index contributed by atoms with van der Waals surface area (Å²) < 4.78 is 5.27. The minimum absolute atomic E-state index is 0.560. The van der Waals surface area contributed by atoms with Crippen molar-refractivity contribution in [3.63, 3.8) is 0 Å². The van der Waals surface area contributed by atoms with Crippen molar-refractivity contribution in [2.24, 2.45) is 0 Å². The maximum Gasteiger partial charge on any atom is 0.227 e. The SMILES string of the molecule is COc1ccc(C)c(Nc2nccc(-c3sc(C)nc3C)n2)c1. The molecule has 1 N–H and O–H groups in total. The van der Waals surface area contributed by atoms with Gasteiger partial charge in [-0.3, -0.25) is 0 Å². The van der Waals surface area contributed by atoms with Gasteiger partial charge in [0.25, 0.3) is 0 Å². The molecule has 0 aliphatic heterocycles. The molecule has 118 valence electrons. The van der Waals surface area contributed by atoms with Crippen LogP contribution in [0.4, 0.5) is 11.6 Å². The number of hydrogen-bond donors (Lipinski definition) is 1. The maximum absolute atomic E-state index is 5.27. The number of ether oxygens (including phenoxy) is 1. The molecule has 6 heteroatoms. The van der Waals surface area contributed by atoms with Gasteiger partial charge in [-0.15, -0.1) is 11.3 Å². The van der Waals surface area contributed by atoms with Crippen LogP contribution in [0.3, 0.4) is 0 Å². The third-order valence-electron chi connectivity index (χ3n) is 3.48. The topological polar surface area (TPSA) is 59.9 Å². The fourth-order valence-electron chi connectivity index (χ4n) is 2.30. The Morgan fingerprint density at radius 1 is 1.09 bits per heavy atom. The first-order chi connectivity index (χ1) is 11.1. The van der Waals surface area contributed by atoms with Gasteiger partial charge in [-0.2, -0.15) is 0 Å². The van der Waals surface area contributed by atoms with Crippen LogP contribution in [0.25, 0.3) is 10.6 Å². The summed E-state index contributed by atoms with van der Waals surface area (Å²) in [5.74, 6) is 1.35. The van der Waals surface area contributed by atoms with Crippen LogP contribution in [0, 0.1) is 20.8 Å². The molecule has 0 aliphatic rings. The molecule has 0 atom stereocenters. The molecule has 0 radical (unpaired) electrons. The third kappa shape index (κ3) is 3.32. The molecule has 0 fully saturated rings. The fourth-order valence-corrected chi connectivity index (χ4v) is 3.19. The monoisotopic (exact) mass is 326 g/mol. The lowest BCUT2D eigenvalue weighted by Gasteiger charge is -2.10. The average molecular weight is 326 g/mol. The maximum atomic E-state index is 5.27. The summed E-state index contributed by atoms with van der Waals surface area (Å²) in [5, 5.41) is 4.30. The molecule has 23 heavy (non-hydrogen) atoms. The summed E-state index contributed by atoms with van der Waals surface area (Å²) in [6, 6.07) is 7.78. The third-order valence-corrected chi connectivity index (χ3v) is 4.58. The molecule has 3 aromatic rings. The van der Waals surface area contributed by atoms with Gasteiger partial charge in [0.1, 0.15) is 5.75 Å². The molecule has 0 saturated heterocycles. The normalized spacial score (nSPS) is 10.6. The smallest absolute Gasteiger partial charge is 0.227 e. The zero-order chi connectivity index (χ0) is 16.4. The van der Waals surface area contributed by atoms with Crippen LogP contribution in [0.1, 0.15) is 16.3 Å². The Labute approximate surface area is 139 Å². The second-order valence-corrected chi connectivity index (χ2v) is 6.42. The lowest BCUT2D eigenvalue weighted by molar-refractivity contribution is 0.415. The number of aromatic nitrogens is 3. The van der Waals surface area contributed by atoms with Crippen LogP contribution < -0.4 is 10.1 Å². The number of thiazole rings is 1. The van der Waals surface area contributed by atoms with Gasteiger partial charge in [0.05, 0.1) is 28.4 Å². The van der Waals surface area contributed by atoms with Crippen LogP contribution in [-0.2, 0) is 0 Å². The minimum atomic E-state index is 0.560. The largest absolute Gasteiger partial charge is 0.497 e. The number of nitrogens with one attached hydrogen (secondary N) is 1. The van der Waals surface area contributed by atoms with Gasteiger partial charge in [-0.1, -0.05) is 6.07 Å². The first-order valence-electron chi connectivity index (χ1n) is 7.26. The van der Waals surface area contributed by atoms with E-state index in [2.05, 4.69) is 20.3 Å². The van der Waals surface area contributed by atoms with Crippen LogP contribution >= 0.6 is 11.3 Å². The highest BCUT2D eigenvalue weighted by atomic mass is 32.1. The van der Waals surface area contributed by atoms with Gasteiger partial charge >= 0.3 is 0 Å². The zero-order valence-corrected chi connectivity index (χ0v) is 14.4. The van der Waals surface area contributed by atoms with E-state index in [1.54, 1.807) is 24.6 Å². The van der Waals surface area contributed by atoms with Crippen molar-refractivity contribution >= 4 is 23.0 Å². The summed E-state index contributed by atoms with van der Waals surface area (Å²) in [6.07, 6.45) is 1.76. The molecule has 0 saturated carbocycles. The number of nitrogens with zero attached hydrogens (tertiary/aromatic N) is 3. The van der Waals surface area contributed by atoms with Crippen molar-refractivity contribution in [2.45, 2.75) is 20.8 Å². The van der Waals surface area contributed by atoms with E-state index in [0.29, 0.717) is 5.95 Å². The Balaban J connectivity index is 1.93. The molecule has 0 bridgehead atoms. The second kappa shape index (κ2) is 6.34. The van der Waals surface area contributed by atoms with E-state index in [0.717, 1.165) is 38.3 Å². The van der Waals surface area contributed by atoms with E-state index >= 15 is 0 Å². The highest BCUT2D eigenvalue weighted by molar-refractivity contribution is 7.15. The van der Waals surface area contributed by atoms with E-state index in [9.17, 15) is 0 Å². The summed E-state index contributed by atoms with van der Waals surface area (Å²) >= 11 is 1.64. The molecule has 0 amide bonds. The highest BCUT2D eigenvalue weighted by Crippen LogP contribution is 2.29. The first-order valence-corrected chi connectivity index (χ1v) is 8.07. The summed E-state index contributed by atoms with van der Waals surface area (Å²) in [7, 11) is 1.65. The van der Waals surface area contributed by atoms with Gasteiger partial charge in [-0.05, 0) is 38.5 Å². The molecule has 1 aromatic carbocycles. The van der Waals surface area contributed by atoms with E-state index in [4.69, 9.17) is 4.74 Å². The molecule has 3 rings (SSSR count). The predicted octanol–water partition coefficient (Wildman–Crippen LogP) is 4.28. The molecule has 2 aromatic heterocycles. The highest BCUT2D eigenvalue weighted by Gasteiger charge is 2.10. The number of aryl methyl sites for hydroxylation is 3. The summed E-state index contributed by atoms with van der Waals surface area (Å²) in [5.41, 5.74) is 3.91. The van der Waals surface area contributed by atoms with Crippen molar-refractivity contribution in [2.75, 3.05) is 12.4 Å². The minimum Gasteiger partial charge on any atom is -0.497 e. The van der Waals surface area contributed by atoms with Gasteiger partial charge < -0.3 is 10.1 Å². The van der Waals surface area contributed by atoms with Gasteiger partial charge in [0, 0.05) is 18.0 Å². The first kappa shape index (κ1) is 15.4. The number of benzene rings is 1. The molecule has 0 aliphatic carbocycles. The quantitative estimate of drug-likeness (QED) is 0.775. The van der Waals surface area contributed by atoms with Crippen molar-refractivity contribution < 1.29 is 4.74 Å². The van der Waals surface area contributed by atoms with Crippen LogP contribution in [-0.4, -0.2) is 22.1 Å². The average Bonchev–Trinajstić information content (AvgIpc) is 2.88. The van der Waals surface area contributed by atoms with Gasteiger partial charge in [0.2, 0.25) is 5.95 Å². The zero-order valence-electron chi connectivity index (χ0n) is 13.5. The van der Waals surface area contributed by atoms with E-state index in [1.165, 1.54) is 0 Å². The molecule has 0 unspecified atom stereocenters. The summed E-state index contributed by atoms with van der Waals surface area (Å²) in [6.45, 7) is 6.03. The van der Waals surface area contributed by atoms with Crippen molar-refractivity contribution in [3.8, 4) is 16.3 Å². The van der Waals surface area contributed by atoms with Crippen molar-refractivity contribution in [3.05, 3.63) is 46.7 Å². The second-order valence-electron chi connectivity index (χ2n) is 5.22. The molecule has 2 heterocycles. The number of rotatable bonds is 4. The van der Waals surface area contributed by atoms with E-state index in [1.807, 2.05) is 45.0 Å². The van der Waals surface area contributed by atoms with Crippen molar-refractivity contribution in [1.29, 1.82) is 0 Å².